The van der Waals surface area contributed by atoms with E-state index in [2.05, 4.69) is 10.4 Å². The van der Waals surface area contributed by atoms with Crippen molar-refractivity contribution in [3.8, 4) is 11.3 Å². The number of amides is 1. The first-order valence-corrected chi connectivity index (χ1v) is 7.98. The van der Waals surface area contributed by atoms with E-state index in [0.29, 0.717) is 5.69 Å². The second-order valence-electron chi connectivity index (χ2n) is 6.19. The summed E-state index contributed by atoms with van der Waals surface area (Å²) < 4.78 is 6.04. The predicted octanol–water partition coefficient (Wildman–Crippen LogP) is 0.906. The van der Waals surface area contributed by atoms with Crippen molar-refractivity contribution >= 4 is 11.9 Å². The molecule has 8 heteroatoms. The van der Waals surface area contributed by atoms with Crippen molar-refractivity contribution in [2.24, 2.45) is 0 Å². The third-order valence-corrected chi connectivity index (χ3v) is 3.68. The van der Waals surface area contributed by atoms with E-state index in [4.69, 9.17) is 9.84 Å². The molecule has 1 amide bonds. The lowest BCUT2D eigenvalue weighted by Gasteiger charge is -2.28. The monoisotopic (exact) mass is 359 g/mol. The van der Waals surface area contributed by atoms with Gasteiger partial charge in [0, 0.05) is 18.7 Å². The second kappa shape index (κ2) is 8.39. The number of carbonyl (C=O) groups is 2. The molecule has 2 N–H and O–H groups in total. The third kappa shape index (κ3) is 5.25. The maximum Gasteiger partial charge on any atom is 0.305 e. The Kier molecular flexibility index (Phi) is 6.24. The molecule has 1 aromatic heterocycles. The molecule has 0 aliphatic rings. The van der Waals surface area contributed by atoms with Crippen molar-refractivity contribution in [3.05, 3.63) is 52.8 Å². The number of methoxy groups -OCH3 is 1. The van der Waals surface area contributed by atoms with Crippen LogP contribution in [0.15, 0.2) is 47.3 Å². The Morgan fingerprint density at radius 2 is 1.92 bits per heavy atom. The Balaban J connectivity index is 2.18. The molecule has 1 heterocycles. The van der Waals surface area contributed by atoms with E-state index in [1.807, 2.05) is 30.3 Å². The summed E-state index contributed by atoms with van der Waals surface area (Å²) in [5.74, 6) is -1.59. The highest BCUT2D eigenvalue weighted by Gasteiger charge is 2.29. The van der Waals surface area contributed by atoms with Gasteiger partial charge in [0.2, 0.25) is 5.91 Å². The number of benzene rings is 1. The minimum absolute atomic E-state index is 0.0252. The number of carboxylic acids is 1. The molecule has 0 aliphatic heterocycles. The maximum atomic E-state index is 12.3. The van der Waals surface area contributed by atoms with Gasteiger partial charge in [-0.2, -0.15) is 5.10 Å². The van der Waals surface area contributed by atoms with Gasteiger partial charge in [-0.15, -0.1) is 0 Å². The Bertz CT molecular complexity index is 834. The van der Waals surface area contributed by atoms with Gasteiger partial charge in [0.25, 0.3) is 5.56 Å². The van der Waals surface area contributed by atoms with Gasteiger partial charge in [-0.3, -0.25) is 14.4 Å². The second-order valence-corrected chi connectivity index (χ2v) is 6.19. The zero-order valence-electron chi connectivity index (χ0n) is 14.6. The fraction of sp³-hybridized carbons (Fsp3) is 0.333. The summed E-state index contributed by atoms with van der Waals surface area (Å²) in [6.07, 6.45) is -0.307. The fourth-order valence-corrected chi connectivity index (χ4v) is 2.62. The molecule has 1 aromatic carbocycles. The number of aliphatic carboxylic acids is 1. The molecule has 0 fully saturated rings. The number of hydrogen-bond donors (Lipinski definition) is 2. The summed E-state index contributed by atoms with van der Waals surface area (Å²) in [6, 6.07) is 12.2. The molecular weight excluding hydrogens is 338 g/mol. The largest absolute Gasteiger partial charge is 0.481 e. The highest BCUT2D eigenvalue weighted by atomic mass is 16.5. The minimum Gasteiger partial charge on any atom is -0.481 e. The van der Waals surface area contributed by atoms with Crippen LogP contribution in [0.1, 0.15) is 13.3 Å². The standard InChI is InChI=1S/C18H21N3O5/c1-18(12-26-2,10-17(24)25)19-15(22)11-21-16(23)9-8-14(20-21)13-6-4-3-5-7-13/h3-9H,10-12H2,1-2H3,(H,19,22)(H,24,25). The summed E-state index contributed by atoms with van der Waals surface area (Å²) in [5, 5.41) is 15.8. The van der Waals surface area contributed by atoms with E-state index in [1.165, 1.54) is 13.2 Å². The van der Waals surface area contributed by atoms with Crippen LogP contribution in [-0.4, -0.2) is 46.0 Å². The van der Waals surface area contributed by atoms with Gasteiger partial charge in [-0.1, -0.05) is 30.3 Å². The van der Waals surface area contributed by atoms with E-state index >= 15 is 0 Å². The molecule has 0 radical (unpaired) electrons. The van der Waals surface area contributed by atoms with Gasteiger partial charge in [0.1, 0.15) is 6.54 Å². The number of nitrogens with one attached hydrogen (secondary N) is 1. The van der Waals surface area contributed by atoms with Gasteiger partial charge < -0.3 is 15.2 Å². The summed E-state index contributed by atoms with van der Waals surface area (Å²) in [4.78, 5) is 35.3. The summed E-state index contributed by atoms with van der Waals surface area (Å²) >= 11 is 0. The van der Waals surface area contributed by atoms with Crippen molar-refractivity contribution < 1.29 is 19.4 Å². The highest BCUT2D eigenvalue weighted by molar-refractivity contribution is 5.78. The van der Waals surface area contributed by atoms with Crippen LogP contribution in [0.5, 0.6) is 0 Å². The quantitative estimate of drug-likeness (QED) is 0.725. The lowest BCUT2D eigenvalue weighted by atomic mass is 9.99. The first-order valence-electron chi connectivity index (χ1n) is 7.98. The van der Waals surface area contributed by atoms with Gasteiger partial charge in [-0.25, -0.2) is 4.68 Å². The first-order chi connectivity index (χ1) is 12.3. The van der Waals surface area contributed by atoms with Crippen molar-refractivity contribution in [2.45, 2.75) is 25.4 Å². The average molecular weight is 359 g/mol. The number of ether oxygens (including phenoxy) is 1. The van der Waals surface area contributed by atoms with Crippen molar-refractivity contribution in [1.29, 1.82) is 0 Å². The Morgan fingerprint density at radius 1 is 1.23 bits per heavy atom. The van der Waals surface area contributed by atoms with Gasteiger partial charge in [0.15, 0.2) is 0 Å². The van der Waals surface area contributed by atoms with Crippen LogP contribution in [0, 0.1) is 0 Å². The fourth-order valence-electron chi connectivity index (χ4n) is 2.62. The zero-order chi connectivity index (χ0) is 19.2. The van der Waals surface area contributed by atoms with Crippen LogP contribution in [-0.2, 0) is 20.9 Å². The maximum absolute atomic E-state index is 12.3. The highest BCUT2D eigenvalue weighted by Crippen LogP contribution is 2.14. The Morgan fingerprint density at radius 3 is 2.54 bits per heavy atom. The van der Waals surface area contributed by atoms with E-state index < -0.39 is 23.0 Å². The third-order valence-electron chi connectivity index (χ3n) is 3.68. The minimum atomic E-state index is -1.09. The lowest BCUT2D eigenvalue weighted by molar-refractivity contribution is -0.139. The van der Waals surface area contributed by atoms with Crippen LogP contribution < -0.4 is 10.9 Å². The molecule has 1 atom stereocenters. The van der Waals surface area contributed by atoms with Crippen LogP contribution in [0.4, 0.5) is 0 Å². The SMILES string of the molecule is COCC(C)(CC(=O)O)NC(=O)Cn1nc(-c2ccccc2)ccc1=O. The molecule has 138 valence electrons. The number of rotatable bonds is 8. The van der Waals surface area contributed by atoms with Crippen molar-refractivity contribution in [3.63, 3.8) is 0 Å². The summed E-state index contributed by atoms with van der Waals surface area (Å²) in [6.45, 7) is 1.27. The molecule has 2 aromatic rings. The summed E-state index contributed by atoms with van der Waals surface area (Å²) in [7, 11) is 1.42. The molecule has 0 bridgehead atoms. The number of aromatic nitrogens is 2. The van der Waals surface area contributed by atoms with Crippen molar-refractivity contribution in [1.82, 2.24) is 15.1 Å². The molecule has 2 rings (SSSR count). The van der Waals surface area contributed by atoms with Crippen LogP contribution in [0.2, 0.25) is 0 Å². The average Bonchev–Trinajstić information content (AvgIpc) is 2.56. The zero-order valence-corrected chi connectivity index (χ0v) is 14.6. The van der Waals surface area contributed by atoms with Gasteiger partial charge >= 0.3 is 5.97 Å². The van der Waals surface area contributed by atoms with E-state index in [9.17, 15) is 14.4 Å². The number of hydrogen-bond acceptors (Lipinski definition) is 5. The molecule has 8 nitrogen and oxygen atoms in total. The first kappa shape index (κ1) is 19.3. The van der Waals surface area contributed by atoms with Gasteiger partial charge in [-0.05, 0) is 13.0 Å². The van der Waals surface area contributed by atoms with Crippen LogP contribution in [0.25, 0.3) is 11.3 Å². The van der Waals surface area contributed by atoms with E-state index in [-0.39, 0.29) is 19.6 Å². The van der Waals surface area contributed by atoms with Crippen molar-refractivity contribution in [2.75, 3.05) is 13.7 Å². The normalized spacial score (nSPS) is 13.0. The lowest BCUT2D eigenvalue weighted by Crippen LogP contribution is -2.52. The molecular formula is C18H21N3O5. The number of carbonyl (C=O) groups excluding carboxylic acids is 1. The molecule has 0 saturated heterocycles. The molecule has 26 heavy (non-hydrogen) atoms. The van der Waals surface area contributed by atoms with Crippen LogP contribution in [0.3, 0.4) is 0 Å². The predicted molar refractivity (Wildman–Crippen MR) is 94.6 cm³/mol. The Hall–Kier alpha value is -3.00. The number of nitrogens with zero attached hydrogens (tertiary/aromatic N) is 2. The van der Waals surface area contributed by atoms with Crippen LogP contribution >= 0.6 is 0 Å². The molecule has 0 saturated carbocycles. The Labute approximate surface area is 150 Å². The van der Waals surface area contributed by atoms with E-state index in [0.717, 1.165) is 10.2 Å². The van der Waals surface area contributed by atoms with E-state index in [1.54, 1.807) is 13.0 Å². The smallest absolute Gasteiger partial charge is 0.305 e. The summed E-state index contributed by atoms with van der Waals surface area (Å²) in [5.41, 5.74) is -0.135. The number of carboxylic acid groups (broad SMARTS) is 1. The topological polar surface area (TPSA) is 111 Å². The molecule has 0 spiro atoms. The molecule has 0 aliphatic carbocycles. The molecule has 1 unspecified atom stereocenters. The van der Waals surface area contributed by atoms with Gasteiger partial charge in [0.05, 0.1) is 24.3 Å².